The van der Waals surface area contributed by atoms with Crippen molar-refractivity contribution in [3.63, 3.8) is 0 Å². The van der Waals surface area contributed by atoms with Crippen molar-refractivity contribution in [3.8, 4) is 33.5 Å². The number of fused-ring (bicyclic) bond motifs is 3. The molecule has 1 aliphatic carbocycles. The third-order valence-corrected chi connectivity index (χ3v) is 6.72. The van der Waals surface area contributed by atoms with Gasteiger partial charge in [0.2, 0.25) is 5.82 Å². The van der Waals surface area contributed by atoms with Crippen molar-refractivity contribution < 1.29 is 22.0 Å². The Balaban J connectivity index is 1.49. The van der Waals surface area contributed by atoms with Gasteiger partial charge in [-0.15, -0.1) is 0 Å². The van der Waals surface area contributed by atoms with Gasteiger partial charge in [-0.1, -0.05) is 66.7 Å². The Morgan fingerprint density at radius 3 is 1.79 bits per heavy atom. The third kappa shape index (κ3) is 3.84. The van der Waals surface area contributed by atoms with Gasteiger partial charge >= 0.3 is 0 Å². The minimum Gasteiger partial charge on any atom is -0.299 e. The lowest BCUT2D eigenvalue weighted by Gasteiger charge is -2.19. The summed E-state index contributed by atoms with van der Waals surface area (Å²) in [6, 6.07) is 20.5. The molecule has 8 heteroatoms. The summed E-state index contributed by atoms with van der Waals surface area (Å²) in [4.78, 5) is 4.88. The molecule has 0 bridgehead atoms. The molecule has 1 aliphatic rings. The van der Waals surface area contributed by atoms with Gasteiger partial charge in [0.15, 0.2) is 23.3 Å². The first-order valence-electron chi connectivity index (χ1n) is 11.8. The second-order valence-corrected chi connectivity index (χ2v) is 8.99. The van der Waals surface area contributed by atoms with Crippen LogP contribution in [-0.4, -0.2) is 16.4 Å². The Labute approximate surface area is 218 Å². The molecule has 190 valence electrons. The monoisotopic (exact) mass is 525 g/mol. The molecule has 0 radical (unpaired) electrons. The molecule has 39 heavy (non-hydrogen) atoms. The number of rotatable bonds is 3. The summed E-state index contributed by atoms with van der Waals surface area (Å²) in [5.41, 5.74) is 3.73. The summed E-state index contributed by atoms with van der Waals surface area (Å²) in [7, 11) is 0. The van der Waals surface area contributed by atoms with Crippen LogP contribution in [0.3, 0.4) is 0 Å². The summed E-state index contributed by atoms with van der Waals surface area (Å²) in [5, 5.41) is 17.4. The molecule has 0 unspecified atom stereocenters. The van der Waals surface area contributed by atoms with E-state index in [0.717, 1.165) is 11.1 Å². The maximum absolute atomic E-state index is 14.3. The third-order valence-electron chi connectivity index (χ3n) is 6.72. The number of nitrogens with one attached hydrogen (secondary N) is 2. The number of halogens is 5. The van der Waals surface area contributed by atoms with Crippen LogP contribution in [0.1, 0.15) is 11.1 Å². The van der Waals surface area contributed by atoms with E-state index in [1.54, 1.807) is 30.4 Å². The van der Waals surface area contributed by atoms with Gasteiger partial charge in [0.05, 0.1) is 28.2 Å². The number of nitrogens with zero attached hydrogens (tertiary/aromatic N) is 1. The van der Waals surface area contributed by atoms with Crippen LogP contribution in [0.25, 0.3) is 50.5 Å². The van der Waals surface area contributed by atoms with E-state index in [9.17, 15) is 22.0 Å². The van der Waals surface area contributed by atoms with Gasteiger partial charge in [-0.2, -0.15) is 0 Å². The highest BCUT2D eigenvalue weighted by atomic mass is 19.2. The van der Waals surface area contributed by atoms with Crippen molar-refractivity contribution in [2.24, 2.45) is 0 Å². The number of allylic oxidation sites excluding steroid dienone is 1. The Morgan fingerprint density at radius 2 is 1.13 bits per heavy atom. The highest BCUT2D eigenvalue weighted by molar-refractivity contribution is 6.54. The molecule has 0 spiro atoms. The van der Waals surface area contributed by atoms with Crippen molar-refractivity contribution >= 4 is 28.4 Å². The van der Waals surface area contributed by atoms with Gasteiger partial charge in [-0.05, 0) is 34.9 Å². The predicted molar refractivity (Wildman–Crippen MR) is 141 cm³/mol. The van der Waals surface area contributed by atoms with E-state index >= 15 is 0 Å². The van der Waals surface area contributed by atoms with E-state index in [2.05, 4.69) is 0 Å². The average molecular weight is 525 g/mol. The summed E-state index contributed by atoms with van der Waals surface area (Å²) < 4.78 is 69.5. The second-order valence-electron chi connectivity index (χ2n) is 8.99. The van der Waals surface area contributed by atoms with Gasteiger partial charge in [0.1, 0.15) is 0 Å². The van der Waals surface area contributed by atoms with Crippen LogP contribution < -0.4 is 0 Å². The van der Waals surface area contributed by atoms with E-state index < -0.39 is 34.6 Å². The van der Waals surface area contributed by atoms with Crippen LogP contribution in [0.15, 0.2) is 78.9 Å². The summed E-state index contributed by atoms with van der Waals surface area (Å²) >= 11 is 0. The van der Waals surface area contributed by atoms with Crippen LogP contribution in [0.2, 0.25) is 0 Å². The van der Waals surface area contributed by atoms with E-state index in [1.165, 1.54) is 24.3 Å². The molecule has 1 heterocycles. The van der Waals surface area contributed by atoms with E-state index in [0.29, 0.717) is 33.3 Å². The highest BCUT2D eigenvalue weighted by Gasteiger charge is 2.27. The Kier molecular flexibility index (Phi) is 5.68. The maximum atomic E-state index is 14.3. The first-order valence-corrected chi connectivity index (χ1v) is 11.8. The van der Waals surface area contributed by atoms with E-state index in [4.69, 9.17) is 15.8 Å². The van der Waals surface area contributed by atoms with Gasteiger partial charge in [0.25, 0.3) is 0 Å². The molecule has 0 saturated carbocycles. The number of hydrogen-bond donors (Lipinski definition) is 2. The average Bonchev–Trinajstić information content (AvgIpc) is 2.97. The zero-order valence-electron chi connectivity index (χ0n) is 19.9. The SMILES string of the molecule is N=C1C=Cc2c(-c3ccccc3)nc3cc(-c4ccc(-c5c(F)c(F)c(F)c(F)c5F)cc4)ccc3c2C1=N. The standard InChI is InChI=1S/C31H16F5N3/c32-25-23(26(33)28(35)29(36)27(25)34)16-8-6-15(7-9-16)18-10-11-19-22(14-18)39-31(17-4-2-1-3-5-17)20-12-13-21(37)30(38)24(19)20/h1-14,37-38H. The smallest absolute Gasteiger partial charge is 0.200 e. The molecule has 0 amide bonds. The number of benzene rings is 4. The largest absolute Gasteiger partial charge is 0.299 e. The van der Waals surface area contributed by atoms with E-state index in [1.807, 2.05) is 30.3 Å². The molecule has 4 aromatic carbocycles. The Bertz CT molecular complexity index is 1850. The minimum atomic E-state index is -2.20. The molecular formula is C31H16F5N3. The van der Waals surface area contributed by atoms with Gasteiger partial charge in [0, 0.05) is 22.1 Å². The van der Waals surface area contributed by atoms with Crippen molar-refractivity contribution in [1.82, 2.24) is 4.98 Å². The molecule has 0 fully saturated rings. The first-order chi connectivity index (χ1) is 18.8. The highest BCUT2D eigenvalue weighted by Crippen LogP contribution is 2.37. The molecule has 0 atom stereocenters. The minimum absolute atomic E-state index is 0.0806. The summed E-state index contributed by atoms with van der Waals surface area (Å²) in [6.45, 7) is 0. The topological polar surface area (TPSA) is 60.6 Å². The number of pyridine rings is 1. The van der Waals surface area contributed by atoms with Crippen LogP contribution in [0, 0.1) is 39.9 Å². The van der Waals surface area contributed by atoms with Crippen molar-refractivity contribution in [3.05, 3.63) is 119 Å². The van der Waals surface area contributed by atoms with Crippen molar-refractivity contribution in [1.29, 1.82) is 10.8 Å². The molecule has 6 rings (SSSR count). The fourth-order valence-electron chi connectivity index (χ4n) is 4.78. The van der Waals surface area contributed by atoms with Gasteiger partial charge in [-0.3, -0.25) is 10.8 Å². The van der Waals surface area contributed by atoms with E-state index in [-0.39, 0.29) is 17.0 Å². The normalized spacial score (nSPS) is 12.7. The molecule has 0 aliphatic heterocycles. The number of hydrogen-bond acceptors (Lipinski definition) is 3. The zero-order valence-corrected chi connectivity index (χ0v) is 19.9. The molecule has 0 saturated heterocycles. The quantitative estimate of drug-likeness (QED) is 0.139. The lowest BCUT2D eigenvalue weighted by atomic mass is 9.87. The summed E-state index contributed by atoms with van der Waals surface area (Å²) in [5.74, 6) is -9.99. The molecule has 1 aromatic heterocycles. The Hall–Kier alpha value is -4.98. The fourth-order valence-corrected chi connectivity index (χ4v) is 4.78. The number of aromatic nitrogens is 1. The zero-order chi connectivity index (χ0) is 27.4. The van der Waals surface area contributed by atoms with Gasteiger partial charge < -0.3 is 0 Å². The summed E-state index contributed by atoms with van der Waals surface area (Å²) in [6.07, 6.45) is 3.36. The maximum Gasteiger partial charge on any atom is 0.200 e. The Morgan fingerprint density at radius 1 is 0.538 bits per heavy atom. The fraction of sp³-hybridized carbons (Fsp3) is 0. The van der Waals surface area contributed by atoms with Crippen LogP contribution in [-0.2, 0) is 0 Å². The first kappa shape index (κ1) is 24.4. The van der Waals surface area contributed by atoms with Crippen molar-refractivity contribution in [2.75, 3.05) is 0 Å². The second kappa shape index (κ2) is 9.09. The van der Waals surface area contributed by atoms with Crippen LogP contribution in [0.5, 0.6) is 0 Å². The van der Waals surface area contributed by atoms with Crippen LogP contribution >= 0.6 is 0 Å². The predicted octanol–water partition coefficient (Wildman–Crippen LogP) is 8.35. The lowest BCUT2D eigenvalue weighted by molar-refractivity contribution is 0.381. The molecule has 3 nitrogen and oxygen atoms in total. The molecule has 5 aromatic rings. The molecular weight excluding hydrogens is 509 g/mol. The van der Waals surface area contributed by atoms with Gasteiger partial charge in [-0.25, -0.2) is 26.9 Å². The molecule has 2 N–H and O–H groups in total. The lowest BCUT2D eigenvalue weighted by Crippen LogP contribution is -2.17. The van der Waals surface area contributed by atoms with Crippen molar-refractivity contribution in [2.45, 2.75) is 0 Å². The van der Waals surface area contributed by atoms with Crippen LogP contribution in [0.4, 0.5) is 22.0 Å².